The fourth-order valence-electron chi connectivity index (χ4n) is 2.10. The molecule has 76 valence electrons. The lowest BCUT2D eigenvalue weighted by Crippen LogP contribution is -2.27. The Labute approximate surface area is 83.5 Å². The van der Waals surface area contributed by atoms with Crippen LogP contribution in [0, 0.1) is 5.82 Å². The number of hydrogen-bond donors (Lipinski definition) is 1. The fourth-order valence-corrected chi connectivity index (χ4v) is 2.10. The highest BCUT2D eigenvalue weighted by Gasteiger charge is 2.28. The van der Waals surface area contributed by atoms with Crippen molar-refractivity contribution in [3.05, 3.63) is 35.6 Å². The van der Waals surface area contributed by atoms with Gasteiger partial charge in [0.1, 0.15) is 5.82 Å². The Morgan fingerprint density at radius 1 is 1.29 bits per heavy atom. The van der Waals surface area contributed by atoms with Gasteiger partial charge in [0.05, 0.1) is 0 Å². The molecule has 2 N–H and O–H groups in total. The molecule has 0 radical (unpaired) electrons. The van der Waals surface area contributed by atoms with Gasteiger partial charge >= 0.3 is 0 Å². The molecular formula is C11H15FN2. The third-order valence-electron chi connectivity index (χ3n) is 2.85. The molecule has 0 spiro atoms. The quantitative estimate of drug-likeness (QED) is 0.727. The SMILES string of the molecule is CN1C[C@@H](N)[C@@H](c2ccc(F)cc2)C1. The highest BCUT2D eigenvalue weighted by atomic mass is 19.1. The van der Waals surface area contributed by atoms with Gasteiger partial charge in [-0.1, -0.05) is 12.1 Å². The number of halogens is 1. The molecule has 14 heavy (non-hydrogen) atoms. The summed E-state index contributed by atoms with van der Waals surface area (Å²) in [6.45, 7) is 1.88. The molecule has 0 unspecified atom stereocenters. The molecule has 2 atom stereocenters. The van der Waals surface area contributed by atoms with Crippen LogP contribution < -0.4 is 5.73 Å². The average Bonchev–Trinajstić information content (AvgIpc) is 2.47. The van der Waals surface area contributed by atoms with Crippen LogP contribution in [-0.4, -0.2) is 31.1 Å². The van der Waals surface area contributed by atoms with Gasteiger partial charge in [0.25, 0.3) is 0 Å². The second kappa shape index (κ2) is 3.67. The van der Waals surface area contributed by atoms with Crippen molar-refractivity contribution in [2.24, 2.45) is 5.73 Å². The van der Waals surface area contributed by atoms with E-state index in [-0.39, 0.29) is 11.9 Å². The van der Waals surface area contributed by atoms with Gasteiger partial charge in [-0.15, -0.1) is 0 Å². The summed E-state index contributed by atoms with van der Waals surface area (Å²) in [5.41, 5.74) is 7.15. The number of nitrogens with zero attached hydrogens (tertiary/aromatic N) is 1. The molecule has 1 aromatic carbocycles. The van der Waals surface area contributed by atoms with E-state index in [0.717, 1.165) is 18.7 Å². The van der Waals surface area contributed by atoms with Crippen LogP contribution in [-0.2, 0) is 0 Å². The normalized spacial score (nSPS) is 28.2. The van der Waals surface area contributed by atoms with Gasteiger partial charge in [0.15, 0.2) is 0 Å². The lowest BCUT2D eigenvalue weighted by Gasteiger charge is -2.14. The number of likely N-dealkylation sites (N-methyl/N-ethyl adjacent to an activating group) is 1. The molecular weight excluding hydrogens is 179 g/mol. The Morgan fingerprint density at radius 3 is 2.43 bits per heavy atom. The maximum absolute atomic E-state index is 12.7. The molecule has 0 amide bonds. The van der Waals surface area contributed by atoms with Crippen LogP contribution in [0.2, 0.25) is 0 Å². The average molecular weight is 194 g/mol. The number of likely N-dealkylation sites (tertiary alicyclic amines) is 1. The van der Waals surface area contributed by atoms with Crippen LogP contribution in [0.15, 0.2) is 24.3 Å². The first kappa shape index (κ1) is 9.62. The summed E-state index contributed by atoms with van der Waals surface area (Å²) in [4.78, 5) is 2.21. The zero-order chi connectivity index (χ0) is 10.1. The van der Waals surface area contributed by atoms with Crippen LogP contribution in [0.3, 0.4) is 0 Å². The molecule has 1 fully saturated rings. The van der Waals surface area contributed by atoms with E-state index < -0.39 is 0 Å². The monoisotopic (exact) mass is 194 g/mol. The van der Waals surface area contributed by atoms with Gasteiger partial charge in [0.2, 0.25) is 0 Å². The van der Waals surface area contributed by atoms with Crippen molar-refractivity contribution in [2.45, 2.75) is 12.0 Å². The third kappa shape index (κ3) is 1.79. The smallest absolute Gasteiger partial charge is 0.123 e. The largest absolute Gasteiger partial charge is 0.326 e. The Hall–Kier alpha value is -0.930. The van der Waals surface area contributed by atoms with Crippen LogP contribution in [0.4, 0.5) is 4.39 Å². The molecule has 3 heteroatoms. The lowest BCUT2D eigenvalue weighted by atomic mass is 9.95. The topological polar surface area (TPSA) is 29.3 Å². The summed E-state index contributed by atoms with van der Waals surface area (Å²) in [6.07, 6.45) is 0. The predicted molar refractivity (Wildman–Crippen MR) is 54.6 cm³/mol. The van der Waals surface area contributed by atoms with Crippen molar-refractivity contribution >= 4 is 0 Å². The highest BCUT2D eigenvalue weighted by molar-refractivity contribution is 5.24. The Balaban J connectivity index is 2.19. The van der Waals surface area contributed by atoms with E-state index in [1.165, 1.54) is 12.1 Å². The maximum atomic E-state index is 12.7. The molecule has 2 rings (SSSR count). The van der Waals surface area contributed by atoms with E-state index >= 15 is 0 Å². The van der Waals surface area contributed by atoms with Crippen molar-refractivity contribution in [2.75, 3.05) is 20.1 Å². The minimum Gasteiger partial charge on any atom is -0.326 e. The molecule has 1 aromatic rings. The Morgan fingerprint density at radius 2 is 1.93 bits per heavy atom. The highest BCUT2D eigenvalue weighted by Crippen LogP contribution is 2.25. The van der Waals surface area contributed by atoms with Crippen molar-refractivity contribution < 1.29 is 4.39 Å². The summed E-state index contributed by atoms with van der Waals surface area (Å²) in [7, 11) is 2.06. The molecule has 1 aliphatic rings. The summed E-state index contributed by atoms with van der Waals surface area (Å²) in [5.74, 6) is 0.161. The van der Waals surface area contributed by atoms with E-state index in [9.17, 15) is 4.39 Å². The first-order chi connectivity index (χ1) is 6.66. The van der Waals surface area contributed by atoms with Crippen molar-refractivity contribution in [1.82, 2.24) is 4.90 Å². The first-order valence-electron chi connectivity index (χ1n) is 4.86. The van der Waals surface area contributed by atoms with Crippen molar-refractivity contribution in [1.29, 1.82) is 0 Å². The van der Waals surface area contributed by atoms with E-state index in [0.29, 0.717) is 5.92 Å². The lowest BCUT2D eigenvalue weighted by molar-refractivity contribution is 0.407. The minimum atomic E-state index is -0.186. The first-order valence-corrected chi connectivity index (χ1v) is 4.86. The van der Waals surface area contributed by atoms with E-state index in [1.807, 2.05) is 12.1 Å². The summed E-state index contributed by atoms with van der Waals surface area (Å²) < 4.78 is 12.7. The summed E-state index contributed by atoms with van der Waals surface area (Å²) in [5, 5.41) is 0. The predicted octanol–water partition coefficient (Wildman–Crippen LogP) is 1.18. The van der Waals surface area contributed by atoms with Gasteiger partial charge in [-0.2, -0.15) is 0 Å². The Kier molecular flexibility index (Phi) is 2.52. The number of benzene rings is 1. The maximum Gasteiger partial charge on any atom is 0.123 e. The molecule has 2 nitrogen and oxygen atoms in total. The van der Waals surface area contributed by atoms with Crippen LogP contribution in [0.1, 0.15) is 11.5 Å². The van der Waals surface area contributed by atoms with Gasteiger partial charge in [-0.05, 0) is 24.7 Å². The van der Waals surface area contributed by atoms with E-state index in [4.69, 9.17) is 5.73 Å². The molecule has 0 saturated carbocycles. The van der Waals surface area contributed by atoms with Crippen molar-refractivity contribution in [3.63, 3.8) is 0 Å². The Bertz CT molecular complexity index is 310. The summed E-state index contributed by atoms with van der Waals surface area (Å²) >= 11 is 0. The van der Waals surface area contributed by atoms with Crippen LogP contribution in [0.5, 0.6) is 0 Å². The van der Waals surface area contributed by atoms with Gasteiger partial charge in [-0.25, -0.2) is 4.39 Å². The van der Waals surface area contributed by atoms with E-state index in [2.05, 4.69) is 11.9 Å². The van der Waals surface area contributed by atoms with E-state index in [1.54, 1.807) is 0 Å². The molecule has 0 bridgehead atoms. The number of nitrogens with two attached hydrogens (primary N) is 1. The number of hydrogen-bond acceptors (Lipinski definition) is 2. The molecule has 1 heterocycles. The number of rotatable bonds is 1. The molecule has 0 aliphatic carbocycles. The molecule has 1 aliphatic heterocycles. The fraction of sp³-hybridized carbons (Fsp3) is 0.455. The van der Waals surface area contributed by atoms with Gasteiger partial charge in [-0.3, -0.25) is 0 Å². The zero-order valence-electron chi connectivity index (χ0n) is 8.28. The second-order valence-electron chi connectivity index (χ2n) is 4.04. The standard InChI is InChI=1S/C11H15FN2/c1-14-6-10(11(13)7-14)8-2-4-9(12)5-3-8/h2-5,10-11H,6-7,13H2,1H3/t10-,11-/m1/s1. The molecule has 0 aromatic heterocycles. The third-order valence-corrected chi connectivity index (χ3v) is 2.85. The van der Waals surface area contributed by atoms with Gasteiger partial charge < -0.3 is 10.6 Å². The molecule has 1 saturated heterocycles. The van der Waals surface area contributed by atoms with Gasteiger partial charge in [0, 0.05) is 25.0 Å². The zero-order valence-corrected chi connectivity index (χ0v) is 8.28. The second-order valence-corrected chi connectivity index (χ2v) is 4.04. The van der Waals surface area contributed by atoms with Crippen LogP contribution >= 0.6 is 0 Å². The van der Waals surface area contributed by atoms with Crippen LogP contribution in [0.25, 0.3) is 0 Å². The minimum absolute atomic E-state index is 0.172. The van der Waals surface area contributed by atoms with Crippen molar-refractivity contribution in [3.8, 4) is 0 Å². The summed E-state index contributed by atoms with van der Waals surface area (Å²) in [6, 6.07) is 6.84.